The lowest BCUT2D eigenvalue weighted by molar-refractivity contribution is 0.0287. The number of nitrogens with zero attached hydrogens (tertiary/aromatic N) is 1. The SMILES string of the molecule is Nc1cc(F)c(F)cc1C(=O)N1C2CCC1CC(O)C2. The smallest absolute Gasteiger partial charge is 0.256 e. The Hall–Kier alpha value is -1.69. The van der Waals surface area contributed by atoms with Crippen LogP contribution in [0.25, 0.3) is 0 Å². The lowest BCUT2D eigenvalue weighted by Crippen LogP contribution is -2.48. The summed E-state index contributed by atoms with van der Waals surface area (Å²) in [5, 5.41) is 9.72. The van der Waals surface area contributed by atoms with E-state index in [4.69, 9.17) is 5.73 Å². The standard InChI is InChI=1S/C14H16F2N2O2/c15-11-5-10(13(17)6-12(11)16)14(20)18-7-1-2-8(18)4-9(19)3-7/h5-9,19H,1-4,17H2. The van der Waals surface area contributed by atoms with Crippen molar-refractivity contribution in [2.75, 3.05) is 5.73 Å². The van der Waals surface area contributed by atoms with Crippen LogP contribution in [0.5, 0.6) is 0 Å². The minimum atomic E-state index is -1.08. The first kappa shape index (κ1) is 13.3. The van der Waals surface area contributed by atoms with Crippen molar-refractivity contribution >= 4 is 11.6 Å². The molecule has 6 heteroatoms. The molecular formula is C14H16F2N2O2. The van der Waals surface area contributed by atoms with Crippen molar-refractivity contribution in [1.29, 1.82) is 0 Å². The van der Waals surface area contributed by atoms with Crippen LogP contribution in [0.3, 0.4) is 0 Å². The summed E-state index contributed by atoms with van der Waals surface area (Å²) in [7, 11) is 0. The van der Waals surface area contributed by atoms with E-state index in [0.717, 1.165) is 25.0 Å². The van der Waals surface area contributed by atoms with Crippen molar-refractivity contribution in [3.8, 4) is 0 Å². The van der Waals surface area contributed by atoms with E-state index in [0.29, 0.717) is 12.8 Å². The summed E-state index contributed by atoms with van der Waals surface area (Å²) in [6.07, 6.45) is 2.34. The maximum atomic E-state index is 13.3. The van der Waals surface area contributed by atoms with Gasteiger partial charge >= 0.3 is 0 Å². The van der Waals surface area contributed by atoms with Crippen molar-refractivity contribution in [2.24, 2.45) is 0 Å². The van der Waals surface area contributed by atoms with Crippen molar-refractivity contribution in [3.05, 3.63) is 29.3 Å². The van der Waals surface area contributed by atoms with Gasteiger partial charge in [-0.3, -0.25) is 4.79 Å². The van der Waals surface area contributed by atoms with Gasteiger partial charge in [-0.2, -0.15) is 0 Å². The zero-order valence-electron chi connectivity index (χ0n) is 10.9. The maximum absolute atomic E-state index is 13.3. The monoisotopic (exact) mass is 282 g/mol. The molecule has 2 aliphatic heterocycles. The highest BCUT2D eigenvalue weighted by molar-refractivity contribution is 5.99. The Morgan fingerprint density at radius 3 is 2.35 bits per heavy atom. The van der Waals surface area contributed by atoms with E-state index < -0.39 is 11.6 Å². The summed E-state index contributed by atoms with van der Waals surface area (Å²) in [5.74, 6) is -2.51. The third-order valence-corrected chi connectivity index (χ3v) is 4.27. The first-order valence-electron chi connectivity index (χ1n) is 6.72. The number of aliphatic hydroxyl groups excluding tert-OH is 1. The molecule has 0 radical (unpaired) electrons. The summed E-state index contributed by atoms with van der Waals surface area (Å²) in [5.41, 5.74) is 5.57. The Bertz CT molecular complexity index is 550. The highest BCUT2D eigenvalue weighted by Crippen LogP contribution is 2.37. The van der Waals surface area contributed by atoms with Crippen LogP contribution in [-0.4, -0.2) is 34.1 Å². The number of benzene rings is 1. The van der Waals surface area contributed by atoms with Gasteiger partial charge in [-0.15, -0.1) is 0 Å². The number of anilines is 1. The largest absolute Gasteiger partial charge is 0.398 e. The first-order chi connectivity index (χ1) is 9.47. The fourth-order valence-electron chi connectivity index (χ4n) is 3.37. The minimum Gasteiger partial charge on any atom is -0.398 e. The molecule has 20 heavy (non-hydrogen) atoms. The Kier molecular flexibility index (Phi) is 3.12. The topological polar surface area (TPSA) is 66.6 Å². The Morgan fingerprint density at radius 1 is 1.20 bits per heavy atom. The highest BCUT2D eigenvalue weighted by atomic mass is 19.2. The van der Waals surface area contributed by atoms with Crippen molar-refractivity contribution < 1.29 is 18.7 Å². The van der Waals surface area contributed by atoms with E-state index in [1.807, 2.05) is 0 Å². The molecule has 1 aromatic carbocycles. The Morgan fingerprint density at radius 2 is 1.75 bits per heavy atom. The average molecular weight is 282 g/mol. The molecular weight excluding hydrogens is 266 g/mol. The van der Waals surface area contributed by atoms with Gasteiger partial charge in [-0.25, -0.2) is 8.78 Å². The third-order valence-electron chi connectivity index (χ3n) is 4.27. The number of carbonyl (C=O) groups is 1. The van der Waals surface area contributed by atoms with Crippen LogP contribution in [-0.2, 0) is 0 Å². The lowest BCUT2D eigenvalue weighted by atomic mass is 9.98. The fraction of sp³-hybridized carbons (Fsp3) is 0.500. The van der Waals surface area contributed by atoms with Crippen LogP contribution in [0.1, 0.15) is 36.0 Å². The number of carbonyl (C=O) groups excluding carboxylic acids is 1. The summed E-state index contributed by atoms with van der Waals surface area (Å²) in [6, 6.07) is 1.62. The maximum Gasteiger partial charge on any atom is 0.256 e. The number of hydrogen-bond donors (Lipinski definition) is 2. The molecule has 3 N–H and O–H groups in total. The van der Waals surface area contributed by atoms with Crippen molar-refractivity contribution in [2.45, 2.75) is 43.9 Å². The number of rotatable bonds is 1. The summed E-state index contributed by atoms with van der Waals surface area (Å²) < 4.78 is 26.4. The van der Waals surface area contributed by atoms with Gasteiger partial charge < -0.3 is 15.7 Å². The predicted octanol–water partition coefficient (Wildman–Crippen LogP) is 1.67. The summed E-state index contributed by atoms with van der Waals surface area (Å²) >= 11 is 0. The molecule has 1 aromatic rings. The van der Waals surface area contributed by atoms with E-state index in [1.54, 1.807) is 4.90 Å². The third kappa shape index (κ3) is 2.04. The van der Waals surface area contributed by atoms with Gasteiger partial charge in [0.2, 0.25) is 0 Å². The zero-order chi connectivity index (χ0) is 14.4. The molecule has 0 spiro atoms. The van der Waals surface area contributed by atoms with Crippen molar-refractivity contribution in [1.82, 2.24) is 4.90 Å². The average Bonchev–Trinajstić information content (AvgIpc) is 2.65. The molecule has 1 amide bonds. The van der Waals surface area contributed by atoms with Gasteiger partial charge in [0.05, 0.1) is 11.7 Å². The molecule has 2 heterocycles. The van der Waals surface area contributed by atoms with E-state index in [1.165, 1.54) is 0 Å². The molecule has 0 aromatic heterocycles. The van der Waals surface area contributed by atoms with E-state index in [2.05, 4.69) is 0 Å². The molecule has 2 bridgehead atoms. The number of nitrogens with two attached hydrogens (primary N) is 1. The minimum absolute atomic E-state index is 0.00260. The number of nitrogen functional groups attached to an aromatic ring is 1. The molecule has 2 aliphatic rings. The van der Waals surface area contributed by atoms with Gasteiger partial charge in [-0.05, 0) is 31.7 Å². The van der Waals surface area contributed by atoms with Crippen molar-refractivity contribution in [3.63, 3.8) is 0 Å². The highest BCUT2D eigenvalue weighted by Gasteiger charge is 2.43. The second kappa shape index (κ2) is 4.70. The molecule has 0 aliphatic carbocycles. The molecule has 0 saturated carbocycles. The molecule has 2 fully saturated rings. The number of fused-ring (bicyclic) bond motifs is 2. The van der Waals surface area contributed by atoms with Crippen LogP contribution in [0, 0.1) is 11.6 Å². The molecule has 4 nitrogen and oxygen atoms in total. The second-order valence-electron chi connectivity index (χ2n) is 5.58. The molecule has 3 rings (SSSR count). The van der Waals surface area contributed by atoms with E-state index >= 15 is 0 Å². The Balaban J connectivity index is 1.92. The number of piperidine rings is 1. The van der Waals surface area contributed by atoms with E-state index in [9.17, 15) is 18.7 Å². The molecule has 2 atom stereocenters. The van der Waals surface area contributed by atoms with E-state index in [-0.39, 0.29) is 35.3 Å². The van der Waals surface area contributed by atoms with Gasteiger partial charge in [0.25, 0.3) is 5.91 Å². The summed E-state index contributed by atoms with van der Waals surface area (Å²) in [4.78, 5) is 14.2. The number of hydrogen-bond acceptors (Lipinski definition) is 3. The number of amides is 1. The quantitative estimate of drug-likeness (QED) is 0.770. The summed E-state index contributed by atoms with van der Waals surface area (Å²) in [6.45, 7) is 0. The van der Waals surface area contributed by atoms with Crippen LogP contribution in [0.2, 0.25) is 0 Å². The second-order valence-corrected chi connectivity index (χ2v) is 5.58. The van der Waals surface area contributed by atoms with Gasteiger partial charge in [-0.1, -0.05) is 0 Å². The number of halogens is 2. The Labute approximate surface area is 115 Å². The predicted molar refractivity (Wildman–Crippen MR) is 69.0 cm³/mol. The normalized spacial score (nSPS) is 28.8. The molecule has 108 valence electrons. The van der Waals surface area contributed by atoms with Gasteiger partial charge in [0.15, 0.2) is 11.6 Å². The fourth-order valence-corrected chi connectivity index (χ4v) is 3.37. The lowest BCUT2D eigenvalue weighted by Gasteiger charge is -2.37. The molecule has 2 unspecified atom stereocenters. The van der Waals surface area contributed by atoms with Crippen LogP contribution < -0.4 is 5.73 Å². The number of aliphatic hydroxyl groups is 1. The van der Waals surface area contributed by atoms with Crippen LogP contribution >= 0.6 is 0 Å². The van der Waals surface area contributed by atoms with Crippen LogP contribution in [0.4, 0.5) is 14.5 Å². The van der Waals surface area contributed by atoms with Crippen LogP contribution in [0.15, 0.2) is 12.1 Å². The first-order valence-corrected chi connectivity index (χ1v) is 6.72. The molecule has 2 saturated heterocycles. The zero-order valence-corrected chi connectivity index (χ0v) is 10.9. The van der Waals surface area contributed by atoms with Gasteiger partial charge in [0.1, 0.15) is 0 Å². The van der Waals surface area contributed by atoms with Gasteiger partial charge in [0, 0.05) is 23.8 Å².